The Morgan fingerprint density at radius 2 is 1.94 bits per heavy atom. The van der Waals surface area contributed by atoms with Gasteiger partial charge in [-0.25, -0.2) is 4.18 Å². The molecule has 6 nitrogen and oxygen atoms in total. The summed E-state index contributed by atoms with van der Waals surface area (Å²) >= 11 is 0. The van der Waals surface area contributed by atoms with Gasteiger partial charge in [-0.05, 0) is 12.3 Å². The summed E-state index contributed by atoms with van der Waals surface area (Å²) in [4.78, 5) is 11.3. The molecule has 0 spiro atoms. The van der Waals surface area contributed by atoms with E-state index in [1.165, 1.54) is 0 Å². The van der Waals surface area contributed by atoms with E-state index in [9.17, 15) is 13.2 Å². The van der Waals surface area contributed by atoms with Gasteiger partial charge in [0.25, 0.3) is 0 Å². The van der Waals surface area contributed by atoms with E-state index in [1.807, 2.05) is 0 Å². The SMILES string of the molecule is CC(C)CCC(=O)CCNCCOS(=O)(=O)O. The molecule has 0 rings (SSSR count). The molecule has 0 aromatic rings. The van der Waals surface area contributed by atoms with Crippen LogP contribution in [-0.4, -0.2) is 38.5 Å². The Bertz CT molecular complexity index is 313. The van der Waals surface area contributed by atoms with Crippen molar-refractivity contribution in [2.24, 2.45) is 5.92 Å². The van der Waals surface area contributed by atoms with Gasteiger partial charge in [0.15, 0.2) is 0 Å². The Morgan fingerprint density at radius 3 is 2.47 bits per heavy atom. The minimum Gasteiger partial charge on any atom is -0.314 e. The lowest BCUT2D eigenvalue weighted by Gasteiger charge is -2.05. The van der Waals surface area contributed by atoms with E-state index in [0.29, 0.717) is 25.3 Å². The Morgan fingerprint density at radius 1 is 1.29 bits per heavy atom. The number of Topliss-reactive ketones (excluding diaryl/α,β-unsaturated/α-hetero) is 1. The van der Waals surface area contributed by atoms with Crippen LogP contribution in [0.4, 0.5) is 0 Å². The molecule has 0 aliphatic rings. The second-order valence-electron chi connectivity index (χ2n) is 4.22. The van der Waals surface area contributed by atoms with Crippen molar-refractivity contribution in [3.8, 4) is 0 Å². The molecule has 7 heteroatoms. The summed E-state index contributed by atoms with van der Waals surface area (Å²) < 4.78 is 32.7. The van der Waals surface area contributed by atoms with E-state index in [2.05, 4.69) is 23.3 Å². The second-order valence-corrected chi connectivity index (χ2v) is 5.31. The molecule has 0 bridgehead atoms. The van der Waals surface area contributed by atoms with Crippen LogP contribution in [0.15, 0.2) is 0 Å². The number of carbonyl (C=O) groups excluding carboxylic acids is 1. The number of nitrogens with one attached hydrogen (secondary N) is 1. The zero-order chi connectivity index (χ0) is 13.3. The maximum Gasteiger partial charge on any atom is 0.397 e. The Balaban J connectivity index is 3.37. The van der Waals surface area contributed by atoms with Crippen LogP contribution in [0, 0.1) is 5.92 Å². The zero-order valence-corrected chi connectivity index (χ0v) is 11.1. The highest BCUT2D eigenvalue weighted by atomic mass is 32.3. The molecule has 0 aromatic carbocycles. The maximum absolute atomic E-state index is 11.3. The van der Waals surface area contributed by atoms with Crippen LogP contribution in [0.25, 0.3) is 0 Å². The van der Waals surface area contributed by atoms with Crippen molar-refractivity contribution >= 4 is 16.2 Å². The highest BCUT2D eigenvalue weighted by Crippen LogP contribution is 2.04. The van der Waals surface area contributed by atoms with Gasteiger partial charge in [0.2, 0.25) is 0 Å². The van der Waals surface area contributed by atoms with Crippen LogP contribution in [0.5, 0.6) is 0 Å². The third-order valence-corrected chi connectivity index (χ3v) is 2.56. The molecular weight excluding hydrogens is 246 g/mol. The van der Waals surface area contributed by atoms with E-state index < -0.39 is 10.4 Å². The Kier molecular flexibility index (Phi) is 8.32. The molecule has 0 aliphatic heterocycles. The quantitative estimate of drug-likeness (QED) is 0.449. The molecule has 102 valence electrons. The molecule has 0 fully saturated rings. The van der Waals surface area contributed by atoms with Crippen LogP contribution >= 0.6 is 0 Å². The molecular formula is C10H21NO5S. The fourth-order valence-electron chi connectivity index (χ4n) is 1.15. The maximum atomic E-state index is 11.3. The van der Waals surface area contributed by atoms with Gasteiger partial charge in [-0.2, -0.15) is 8.42 Å². The van der Waals surface area contributed by atoms with E-state index in [-0.39, 0.29) is 18.9 Å². The topological polar surface area (TPSA) is 92.7 Å². The second kappa shape index (κ2) is 8.57. The minimum atomic E-state index is -4.35. The monoisotopic (exact) mass is 267 g/mol. The normalized spacial score (nSPS) is 12.0. The fourth-order valence-corrected chi connectivity index (χ4v) is 1.44. The molecule has 0 heterocycles. The largest absolute Gasteiger partial charge is 0.397 e. The van der Waals surface area contributed by atoms with E-state index in [4.69, 9.17) is 4.55 Å². The van der Waals surface area contributed by atoms with Crippen molar-refractivity contribution in [2.75, 3.05) is 19.7 Å². The lowest BCUT2D eigenvalue weighted by Crippen LogP contribution is -2.24. The Hall–Kier alpha value is -0.500. The van der Waals surface area contributed by atoms with Gasteiger partial charge in [-0.1, -0.05) is 13.8 Å². The number of carbonyl (C=O) groups is 1. The summed E-state index contributed by atoms with van der Waals surface area (Å²) in [6, 6.07) is 0. The average Bonchev–Trinajstić information content (AvgIpc) is 2.18. The van der Waals surface area contributed by atoms with E-state index >= 15 is 0 Å². The van der Waals surface area contributed by atoms with Crippen molar-refractivity contribution in [3.05, 3.63) is 0 Å². The summed E-state index contributed by atoms with van der Waals surface area (Å²) in [6.45, 7) is 4.76. The fraction of sp³-hybridized carbons (Fsp3) is 0.900. The average molecular weight is 267 g/mol. The molecule has 0 amide bonds. The first-order valence-corrected chi connectivity index (χ1v) is 7.02. The highest BCUT2D eigenvalue weighted by molar-refractivity contribution is 7.80. The predicted molar refractivity (Wildman–Crippen MR) is 64.1 cm³/mol. The van der Waals surface area contributed by atoms with E-state index in [1.54, 1.807) is 0 Å². The van der Waals surface area contributed by atoms with Crippen molar-refractivity contribution in [2.45, 2.75) is 33.1 Å². The van der Waals surface area contributed by atoms with Gasteiger partial charge in [-0.3, -0.25) is 9.35 Å². The molecule has 0 saturated carbocycles. The molecule has 0 unspecified atom stereocenters. The number of rotatable bonds is 10. The number of hydrogen-bond donors (Lipinski definition) is 2. The molecule has 0 saturated heterocycles. The zero-order valence-electron chi connectivity index (χ0n) is 10.3. The third-order valence-electron chi connectivity index (χ3n) is 2.09. The van der Waals surface area contributed by atoms with Crippen molar-refractivity contribution in [1.82, 2.24) is 5.32 Å². The first kappa shape index (κ1) is 16.5. The first-order chi connectivity index (χ1) is 7.81. The molecule has 17 heavy (non-hydrogen) atoms. The van der Waals surface area contributed by atoms with Gasteiger partial charge in [0, 0.05) is 25.9 Å². The smallest absolute Gasteiger partial charge is 0.314 e. The van der Waals surface area contributed by atoms with Crippen LogP contribution in [0.1, 0.15) is 33.1 Å². The van der Waals surface area contributed by atoms with Crippen LogP contribution < -0.4 is 5.32 Å². The van der Waals surface area contributed by atoms with E-state index in [0.717, 1.165) is 6.42 Å². The standard InChI is InChI=1S/C10H21NO5S/c1-9(2)3-4-10(12)5-6-11-7-8-16-17(13,14)15/h9,11H,3-8H2,1-2H3,(H,13,14,15). The van der Waals surface area contributed by atoms with Gasteiger partial charge in [-0.15, -0.1) is 0 Å². The van der Waals surface area contributed by atoms with Crippen molar-refractivity contribution in [1.29, 1.82) is 0 Å². The summed E-state index contributed by atoms with van der Waals surface area (Å²) in [7, 11) is -4.35. The lowest BCUT2D eigenvalue weighted by molar-refractivity contribution is -0.119. The van der Waals surface area contributed by atoms with Crippen LogP contribution in [0.2, 0.25) is 0 Å². The molecule has 0 radical (unpaired) electrons. The molecule has 0 atom stereocenters. The van der Waals surface area contributed by atoms with Crippen LogP contribution in [-0.2, 0) is 19.4 Å². The van der Waals surface area contributed by atoms with Crippen molar-refractivity contribution in [3.63, 3.8) is 0 Å². The lowest BCUT2D eigenvalue weighted by atomic mass is 10.0. The molecule has 0 aliphatic carbocycles. The molecule has 2 N–H and O–H groups in total. The predicted octanol–water partition coefficient (Wildman–Crippen LogP) is 0.791. The minimum absolute atomic E-state index is 0.140. The molecule has 0 aromatic heterocycles. The Labute approximate surface area is 103 Å². The summed E-state index contributed by atoms with van der Waals surface area (Å²) in [5.74, 6) is 0.719. The van der Waals surface area contributed by atoms with Gasteiger partial charge < -0.3 is 5.32 Å². The van der Waals surface area contributed by atoms with Gasteiger partial charge >= 0.3 is 10.4 Å². The first-order valence-electron chi connectivity index (χ1n) is 5.65. The highest BCUT2D eigenvalue weighted by Gasteiger charge is 2.04. The van der Waals surface area contributed by atoms with Crippen molar-refractivity contribution < 1.29 is 21.9 Å². The number of hydrogen-bond acceptors (Lipinski definition) is 5. The van der Waals surface area contributed by atoms with Gasteiger partial charge in [0.1, 0.15) is 5.78 Å². The van der Waals surface area contributed by atoms with Gasteiger partial charge in [0.05, 0.1) is 6.61 Å². The number of ketones is 1. The third kappa shape index (κ3) is 13.4. The summed E-state index contributed by atoms with van der Waals surface area (Å²) in [5.41, 5.74) is 0. The van der Waals surface area contributed by atoms with Crippen LogP contribution in [0.3, 0.4) is 0 Å². The summed E-state index contributed by atoms with van der Waals surface area (Å²) in [5, 5.41) is 2.86. The summed E-state index contributed by atoms with van der Waals surface area (Å²) in [6.07, 6.45) is 1.91.